The second kappa shape index (κ2) is 6.60. The molecule has 0 aromatic heterocycles. The van der Waals surface area contributed by atoms with E-state index in [-0.39, 0.29) is 24.8 Å². The Morgan fingerprint density at radius 3 is 2.64 bits per heavy atom. The summed E-state index contributed by atoms with van der Waals surface area (Å²) in [4.78, 5) is 37.9. The van der Waals surface area contributed by atoms with Crippen LogP contribution in [0.2, 0.25) is 0 Å². The number of benzene rings is 1. The van der Waals surface area contributed by atoms with Gasteiger partial charge in [0.1, 0.15) is 0 Å². The minimum absolute atomic E-state index is 0.00512. The van der Waals surface area contributed by atoms with Crippen LogP contribution >= 0.6 is 0 Å². The molecule has 0 saturated carbocycles. The Hall–Kier alpha value is -2.37. The molecule has 1 aromatic carbocycles. The molecule has 118 valence electrons. The van der Waals surface area contributed by atoms with Gasteiger partial charge < -0.3 is 14.9 Å². The number of hydrogen-bond donors (Lipinski definition) is 1. The Morgan fingerprint density at radius 2 is 2.05 bits per heavy atom. The van der Waals surface area contributed by atoms with Crippen LogP contribution in [-0.4, -0.2) is 47.4 Å². The van der Waals surface area contributed by atoms with Crippen molar-refractivity contribution in [2.24, 2.45) is 0 Å². The van der Waals surface area contributed by atoms with Crippen molar-refractivity contribution < 1.29 is 19.5 Å². The van der Waals surface area contributed by atoms with Crippen molar-refractivity contribution in [3.63, 3.8) is 0 Å². The molecule has 22 heavy (non-hydrogen) atoms. The normalized spacial score (nSPS) is 12.9. The Morgan fingerprint density at radius 1 is 1.32 bits per heavy atom. The first-order valence-corrected chi connectivity index (χ1v) is 7.36. The van der Waals surface area contributed by atoms with E-state index in [1.807, 2.05) is 13.0 Å². The summed E-state index contributed by atoms with van der Waals surface area (Å²) in [6.45, 7) is 4.65. The molecule has 0 saturated heterocycles. The van der Waals surface area contributed by atoms with Crippen molar-refractivity contribution in [3.8, 4) is 0 Å². The maximum atomic E-state index is 12.5. The molecule has 0 aliphatic carbocycles. The zero-order chi connectivity index (χ0) is 16.3. The van der Waals surface area contributed by atoms with Gasteiger partial charge in [-0.05, 0) is 37.1 Å². The molecule has 0 radical (unpaired) electrons. The highest BCUT2D eigenvalue weighted by Crippen LogP contribution is 2.29. The topological polar surface area (TPSA) is 77.9 Å². The van der Waals surface area contributed by atoms with Crippen molar-refractivity contribution in [1.82, 2.24) is 4.90 Å². The largest absolute Gasteiger partial charge is 0.481 e. The molecule has 6 heteroatoms. The molecular formula is C16H20N2O4. The Kier molecular flexibility index (Phi) is 4.80. The predicted molar refractivity (Wildman–Crippen MR) is 82.0 cm³/mol. The molecule has 1 aliphatic rings. The maximum absolute atomic E-state index is 12.5. The molecule has 0 fully saturated rings. The lowest BCUT2D eigenvalue weighted by Gasteiger charge is -2.21. The smallest absolute Gasteiger partial charge is 0.305 e. The van der Waals surface area contributed by atoms with Crippen molar-refractivity contribution in [2.75, 3.05) is 24.5 Å². The van der Waals surface area contributed by atoms with E-state index in [1.165, 1.54) is 11.8 Å². The number of nitrogens with zero attached hydrogens (tertiary/aromatic N) is 2. The van der Waals surface area contributed by atoms with Crippen LogP contribution in [0, 0.1) is 0 Å². The van der Waals surface area contributed by atoms with E-state index >= 15 is 0 Å². The van der Waals surface area contributed by atoms with Gasteiger partial charge in [0.25, 0.3) is 5.91 Å². The number of fused-ring (bicyclic) bond motifs is 1. The maximum Gasteiger partial charge on any atom is 0.305 e. The van der Waals surface area contributed by atoms with Gasteiger partial charge in [-0.3, -0.25) is 14.4 Å². The van der Waals surface area contributed by atoms with Crippen LogP contribution in [0.1, 0.15) is 36.2 Å². The van der Waals surface area contributed by atoms with Crippen LogP contribution in [0.5, 0.6) is 0 Å². The van der Waals surface area contributed by atoms with E-state index in [1.54, 1.807) is 17.0 Å². The summed E-state index contributed by atoms with van der Waals surface area (Å²) in [7, 11) is 0. The lowest BCUT2D eigenvalue weighted by atomic mass is 10.1. The van der Waals surface area contributed by atoms with Gasteiger partial charge in [-0.25, -0.2) is 0 Å². The molecule has 6 nitrogen and oxygen atoms in total. The second-order valence-electron chi connectivity index (χ2n) is 5.29. The number of carboxylic acids is 1. The lowest BCUT2D eigenvalue weighted by Crippen LogP contribution is -2.32. The summed E-state index contributed by atoms with van der Waals surface area (Å²) < 4.78 is 0. The number of amides is 2. The van der Waals surface area contributed by atoms with E-state index in [0.29, 0.717) is 18.7 Å². The quantitative estimate of drug-likeness (QED) is 0.895. The first kappa shape index (κ1) is 16.0. The van der Waals surface area contributed by atoms with Gasteiger partial charge in [0, 0.05) is 37.8 Å². The van der Waals surface area contributed by atoms with Gasteiger partial charge in [0.2, 0.25) is 5.91 Å². The van der Waals surface area contributed by atoms with E-state index in [2.05, 4.69) is 0 Å². The molecule has 1 N–H and O–H groups in total. The Labute approximate surface area is 129 Å². The highest BCUT2D eigenvalue weighted by atomic mass is 16.4. The van der Waals surface area contributed by atoms with Crippen molar-refractivity contribution in [3.05, 3.63) is 29.3 Å². The number of anilines is 1. The fraction of sp³-hybridized carbons (Fsp3) is 0.438. The van der Waals surface area contributed by atoms with Crippen LogP contribution in [0.4, 0.5) is 5.69 Å². The third kappa shape index (κ3) is 3.27. The van der Waals surface area contributed by atoms with Gasteiger partial charge in [-0.15, -0.1) is 0 Å². The number of carboxylic acid groups (broad SMARTS) is 1. The third-order valence-electron chi connectivity index (χ3n) is 3.87. The minimum atomic E-state index is -0.919. The fourth-order valence-corrected chi connectivity index (χ4v) is 2.68. The summed E-state index contributed by atoms with van der Waals surface area (Å²) in [5, 5.41) is 8.74. The average Bonchev–Trinajstić information content (AvgIpc) is 2.90. The van der Waals surface area contributed by atoms with Gasteiger partial charge >= 0.3 is 5.97 Å². The lowest BCUT2D eigenvalue weighted by molar-refractivity contribution is -0.137. The molecule has 1 aromatic rings. The van der Waals surface area contributed by atoms with Crippen LogP contribution in [0.15, 0.2) is 18.2 Å². The zero-order valence-electron chi connectivity index (χ0n) is 12.8. The second-order valence-corrected chi connectivity index (χ2v) is 5.29. The molecule has 0 atom stereocenters. The van der Waals surface area contributed by atoms with Crippen molar-refractivity contribution in [1.29, 1.82) is 0 Å². The average molecular weight is 304 g/mol. The molecule has 0 spiro atoms. The first-order valence-electron chi connectivity index (χ1n) is 7.36. The van der Waals surface area contributed by atoms with E-state index in [4.69, 9.17) is 5.11 Å². The molecule has 0 bridgehead atoms. The minimum Gasteiger partial charge on any atom is -0.481 e. The summed E-state index contributed by atoms with van der Waals surface area (Å²) in [6, 6.07) is 5.30. The molecule has 1 heterocycles. The van der Waals surface area contributed by atoms with Crippen molar-refractivity contribution in [2.45, 2.75) is 26.7 Å². The van der Waals surface area contributed by atoms with E-state index in [9.17, 15) is 14.4 Å². The SMILES string of the molecule is CCN(CCC(=O)O)C(=O)c1ccc2c(c1)CCN2C(C)=O. The van der Waals surface area contributed by atoms with Crippen LogP contribution in [0.3, 0.4) is 0 Å². The number of aliphatic carboxylic acids is 1. The van der Waals surface area contributed by atoms with Gasteiger partial charge in [-0.1, -0.05) is 0 Å². The van der Waals surface area contributed by atoms with Crippen LogP contribution < -0.4 is 4.90 Å². The Balaban J connectivity index is 2.17. The molecule has 0 unspecified atom stereocenters. The van der Waals surface area contributed by atoms with Gasteiger partial charge in [0.05, 0.1) is 6.42 Å². The predicted octanol–water partition coefficient (Wildman–Crippen LogP) is 1.53. The van der Waals surface area contributed by atoms with Gasteiger partial charge in [-0.2, -0.15) is 0 Å². The standard InChI is InChI=1S/C16H20N2O4/c1-3-17(8-7-15(20)21)16(22)13-4-5-14-12(10-13)6-9-18(14)11(2)19/h4-5,10H,3,6-9H2,1-2H3,(H,20,21). The fourth-order valence-electron chi connectivity index (χ4n) is 2.68. The number of rotatable bonds is 5. The van der Waals surface area contributed by atoms with E-state index < -0.39 is 5.97 Å². The molecule has 1 aliphatic heterocycles. The van der Waals surface area contributed by atoms with E-state index in [0.717, 1.165) is 17.7 Å². The highest BCUT2D eigenvalue weighted by Gasteiger charge is 2.24. The van der Waals surface area contributed by atoms with Gasteiger partial charge in [0.15, 0.2) is 0 Å². The summed E-state index contributed by atoms with van der Waals surface area (Å²) in [5.74, 6) is -1.10. The first-order chi connectivity index (χ1) is 10.4. The summed E-state index contributed by atoms with van der Waals surface area (Å²) in [6.07, 6.45) is 0.667. The van der Waals surface area contributed by atoms with Crippen molar-refractivity contribution >= 4 is 23.5 Å². The highest BCUT2D eigenvalue weighted by molar-refractivity contribution is 5.98. The zero-order valence-corrected chi connectivity index (χ0v) is 12.8. The summed E-state index contributed by atoms with van der Waals surface area (Å²) in [5.41, 5.74) is 2.38. The summed E-state index contributed by atoms with van der Waals surface area (Å²) >= 11 is 0. The molecule has 2 rings (SSSR count). The van der Waals surface area contributed by atoms with Crippen LogP contribution in [0.25, 0.3) is 0 Å². The molecular weight excluding hydrogens is 284 g/mol. The van der Waals surface area contributed by atoms with Crippen LogP contribution in [-0.2, 0) is 16.0 Å². The number of carbonyl (C=O) groups excluding carboxylic acids is 2. The monoisotopic (exact) mass is 304 g/mol. The molecule has 2 amide bonds. The number of carbonyl (C=O) groups is 3. The number of hydrogen-bond acceptors (Lipinski definition) is 3. The Bertz CT molecular complexity index is 612. The third-order valence-corrected chi connectivity index (χ3v) is 3.87.